The summed E-state index contributed by atoms with van der Waals surface area (Å²) >= 11 is 7.40. The Hall–Kier alpha value is -1.97. The summed E-state index contributed by atoms with van der Waals surface area (Å²) in [6, 6.07) is 6.83. The number of hydrogen-bond acceptors (Lipinski definition) is 4. The summed E-state index contributed by atoms with van der Waals surface area (Å²) < 4.78 is 2.16. The van der Waals surface area contributed by atoms with Crippen molar-refractivity contribution in [1.82, 2.24) is 9.55 Å². The Balaban J connectivity index is 2.02. The highest BCUT2D eigenvalue weighted by Crippen LogP contribution is 2.24. The first-order chi connectivity index (χ1) is 11.8. The van der Waals surface area contributed by atoms with Crippen molar-refractivity contribution in [1.29, 1.82) is 5.26 Å². The smallest absolute Gasteiger partial charge is 0.234 e. The molecule has 25 heavy (non-hydrogen) atoms. The second-order valence-electron chi connectivity index (χ2n) is 6.21. The molecule has 0 saturated heterocycles. The largest absolute Gasteiger partial charge is 0.325 e. The standard InChI is InChI=1S/C18H21ClN4OS/c1-11(2)9-23-13(4)12(3)21-18(23)25-10-17(24)22-15-6-5-14(8-20)16(19)7-15/h5-7,11H,9-10H2,1-4H3,(H,22,24). The van der Waals surface area contributed by atoms with Crippen LogP contribution in [-0.2, 0) is 11.3 Å². The number of carbonyl (C=O) groups is 1. The number of amides is 1. The van der Waals surface area contributed by atoms with Crippen molar-refractivity contribution in [2.45, 2.75) is 39.4 Å². The Labute approximate surface area is 157 Å². The molecule has 1 aromatic carbocycles. The van der Waals surface area contributed by atoms with Crippen LogP contribution in [0, 0.1) is 31.1 Å². The fraction of sp³-hybridized carbons (Fsp3) is 0.389. The topological polar surface area (TPSA) is 70.7 Å². The predicted molar refractivity (Wildman–Crippen MR) is 102 cm³/mol. The number of aryl methyl sites for hydroxylation is 1. The zero-order valence-corrected chi connectivity index (χ0v) is 16.3. The van der Waals surface area contributed by atoms with Gasteiger partial charge in [0.15, 0.2) is 5.16 Å². The molecule has 1 amide bonds. The van der Waals surface area contributed by atoms with E-state index in [1.807, 2.05) is 19.9 Å². The zero-order valence-electron chi connectivity index (χ0n) is 14.8. The summed E-state index contributed by atoms with van der Waals surface area (Å²) in [5.74, 6) is 0.618. The zero-order chi connectivity index (χ0) is 18.6. The summed E-state index contributed by atoms with van der Waals surface area (Å²) in [6.07, 6.45) is 0. The van der Waals surface area contributed by atoms with E-state index in [1.54, 1.807) is 18.2 Å². The lowest BCUT2D eigenvalue weighted by molar-refractivity contribution is -0.113. The minimum Gasteiger partial charge on any atom is -0.325 e. The molecular formula is C18H21ClN4OS. The minimum absolute atomic E-state index is 0.139. The van der Waals surface area contributed by atoms with Gasteiger partial charge < -0.3 is 9.88 Å². The van der Waals surface area contributed by atoms with Gasteiger partial charge >= 0.3 is 0 Å². The van der Waals surface area contributed by atoms with Gasteiger partial charge in [0.2, 0.25) is 5.91 Å². The molecule has 0 radical (unpaired) electrons. The van der Waals surface area contributed by atoms with E-state index < -0.39 is 0 Å². The maximum Gasteiger partial charge on any atom is 0.234 e. The first kappa shape index (κ1) is 19.4. The number of rotatable bonds is 6. The highest BCUT2D eigenvalue weighted by atomic mass is 35.5. The number of aromatic nitrogens is 2. The number of halogens is 1. The van der Waals surface area contributed by atoms with Crippen LogP contribution in [0.15, 0.2) is 23.4 Å². The van der Waals surface area contributed by atoms with Gasteiger partial charge in [-0.15, -0.1) is 0 Å². The monoisotopic (exact) mass is 376 g/mol. The molecule has 7 heteroatoms. The Morgan fingerprint density at radius 1 is 1.44 bits per heavy atom. The van der Waals surface area contributed by atoms with Crippen LogP contribution in [0.2, 0.25) is 5.02 Å². The van der Waals surface area contributed by atoms with Crippen molar-refractivity contribution in [2.75, 3.05) is 11.1 Å². The van der Waals surface area contributed by atoms with E-state index in [1.165, 1.54) is 11.8 Å². The lowest BCUT2D eigenvalue weighted by atomic mass is 10.2. The fourth-order valence-electron chi connectivity index (χ4n) is 2.32. The van der Waals surface area contributed by atoms with Crippen molar-refractivity contribution in [2.24, 2.45) is 5.92 Å². The quantitative estimate of drug-likeness (QED) is 0.758. The van der Waals surface area contributed by atoms with Crippen molar-refractivity contribution < 1.29 is 4.79 Å². The first-order valence-corrected chi connectivity index (χ1v) is 9.34. The fourth-order valence-corrected chi connectivity index (χ4v) is 3.45. The lowest BCUT2D eigenvalue weighted by Crippen LogP contribution is -2.15. The Kier molecular flexibility index (Phi) is 6.51. The van der Waals surface area contributed by atoms with Crippen LogP contribution in [0.4, 0.5) is 5.69 Å². The van der Waals surface area contributed by atoms with Gasteiger partial charge in [-0.2, -0.15) is 5.26 Å². The SMILES string of the molecule is Cc1nc(SCC(=O)Nc2ccc(C#N)c(Cl)c2)n(CC(C)C)c1C. The third-order valence-corrected chi connectivity index (χ3v) is 4.97. The number of anilines is 1. The van der Waals surface area contributed by atoms with Crippen molar-refractivity contribution in [3.63, 3.8) is 0 Å². The van der Waals surface area contributed by atoms with E-state index in [-0.39, 0.29) is 11.7 Å². The van der Waals surface area contributed by atoms with Crippen LogP contribution in [0.3, 0.4) is 0 Å². The van der Waals surface area contributed by atoms with Crippen LogP contribution in [0.25, 0.3) is 0 Å². The van der Waals surface area contributed by atoms with Crippen LogP contribution in [0.5, 0.6) is 0 Å². The molecule has 0 spiro atoms. The van der Waals surface area contributed by atoms with Gasteiger partial charge in [-0.3, -0.25) is 4.79 Å². The van der Waals surface area contributed by atoms with Crippen LogP contribution < -0.4 is 5.32 Å². The number of carbonyl (C=O) groups excluding carboxylic acids is 1. The third-order valence-electron chi connectivity index (χ3n) is 3.68. The number of nitriles is 1. The van der Waals surface area contributed by atoms with Gasteiger partial charge in [-0.1, -0.05) is 37.2 Å². The normalized spacial score (nSPS) is 10.8. The molecule has 0 atom stereocenters. The molecular weight excluding hydrogens is 356 g/mol. The first-order valence-electron chi connectivity index (χ1n) is 7.97. The second-order valence-corrected chi connectivity index (χ2v) is 7.56. The molecule has 0 aliphatic heterocycles. The number of nitrogens with one attached hydrogen (secondary N) is 1. The molecule has 1 N–H and O–H groups in total. The summed E-state index contributed by atoms with van der Waals surface area (Å²) in [7, 11) is 0. The van der Waals surface area contributed by atoms with E-state index >= 15 is 0 Å². The van der Waals surface area contributed by atoms with E-state index in [4.69, 9.17) is 16.9 Å². The lowest BCUT2D eigenvalue weighted by Gasteiger charge is -2.12. The Morgan fingerprint density at radius 3 is 2.76 bits per heavy atom. The number of benzene rings is 1. The van der Waals surface area contributed by atoms with Crippen molar-refractivity contribution in [3.8, 4) is 6.07 Å². The maximum absolute atomic E-state index is 12.2. The third kappa shape index (κ3) is 5.00. The molecule has 2 rings (SSSR count). The maximum atomic E-state index is 12.2. The number of imidazole rings is 1. The van der Waals surface area contributed by atoms with Gasteiger partial charge in [0.25, 0.3) is 0 Å². The summed E-state index contributed by atoms with van der Waals surface area (Å²) in [5.41, 5.74) is 3.08. The van der Waals surface area contributed by atoms with Gasteiger partial charge in [0, 0.05) is 17.9 Å². The van der Waals surface area contributed by atoms with E-state index in [2.05, 4.69) is 28.7 Å². The van der Waals surface area contributed by atoms with Crippen LogP contribution in [0.1, 0.15) is 30.8 Å². The molecule has 2 aromatic rings. The molecule has 5 nitrogen and oxygen atoms in total. The molecule has 0 saturated carbocycles. The molecule has 1 heterocycles. The summed E-state index contributed by atoms with van der Waals surface area (Å²) in [5, 5.41) is 12.9. The van der Waals surface area contributed by atoms with E-state index in [9.17, 15) is 4.79 Å². The Morgan fingerprint density at radius 2 is 2.16 bits per heavy atom. The second kappa shape index (κ2) is 8.41. The predicted octanol–water partition coefficient (Wildman–Crippen LogP) is 4.41. The van der Waals surface area contributed by atoms with Gasteiger partial charge in [-0.25, -0.2) is 4.98 Å². The Bertz CT molecular complexity index is 823. The van der Waals surface area contributed by atoms with Gasteiger partial charge in [-0.05, 0) is 38.0 Å². The number of hydrogen-bond donors (Lipinski definition) is 1. The van der Waals surface area contributed by atoms with E-state index in [0.717, 1.165) is 23.1 Å². The molecule has 1 aromatic heterocycles. The minimum atomic E-state index is -0.139. The average Bonchev–Trinajstić information content (AvgIpc) is 2.80. The number of thioether (sulfide) groups is 1. The number of nitrogens with zero attached hydrogens (tertiary/aromatic N) is 3. The molecule has 0 aliphatic rings. The van der Waals surface area contributed by atoms with Crippen molar-refractivity contribution in [3.05, 3.63) is 40.2 Å². The molecule has 0 aliphatic carbocycles. The molecule has 0 bridgehead atoms. The summed E-state index contributed by atoms with van der Waals surface area (Å²) in [4.78, 5) is 16.8. The highest BCUT2D eigenvalue weighted by molar-refractivity contribution is 7.99. The molecule has 0 fully saturated rings. The molecule has 0 unspecified atom stereocenters. The van der Waals surface area contributed by atoms with Crippen LogP contribution in [-0.4, -0.2) is 21.2 Å². The van der Waals surface area contributed by atoms with E-state index in [0.29, 0.717) is 22.2 Å². The van der Waals surface area contributed by atoms with Gasteiger partial charge in [0.05, 0.1) is 22.0 Å². The highest BCUT2D eigenvalue weighted by Gasteiger charge is 2.14. The van der Waals surface area contributed by atoms with Crippen LogP contribution >= 0.6 is 23.4 Å². The van der Waals surface area contributed by atoms with Gasteiger partial charge in [0.1, 0.15) is 6.07 Å². The summed E-state index contributed by atoms with van der Waals surface area (Å²) in [6.45, 7) is 9.22. The average molecular weight is 377 g/mol. The molecule has 132 valence electrons. The van der Waals surface area contributed by atoms with Crippen molar-refractivity contribution >= 4 is 35.0 Å².